The van der Waals surface area contributed by atoms with Crippen LogP contribution in [0.1, 0.15) is 52.8 Å². The Morgan fingerprint density at radius 3 is 2.23 bits per heavy atom. The van der Waals surface area contributed by atoms with E-state index in [9.17, 15) is 4.79 Å². The Balaban J connectivity index is 1.45. The first kappa shape index (κ1) is 33.9. The van der Waals surface area contributed by atoms with Gasteiger partial charge in [-0.15, -0.1) is 5.54 Å². The number of anilines is 4. The van der Waals surface area contributed by atoms with Crippen LogP contribution >= 0.6 is 0 Å². The van der Waals surface area contributed by atoms with Crippen molar-refractivity contribution in [3.05, 3.63) is 60.3 Å². The van der Waals surface area contributed by atoms with E-state index in [0.717, 1.165) is 48.5 Å². The van der Waals surface area contributed by atoms with Gasteiger partial charge in [0.05, 0.1) is 24.0 Å². The maximum absolute atomic E-state index is 12.9. The van der Waals surface area contributed by atoms with Crippen molar-refractivity contribution in [2.24, 2.45) is 7.05 Å². The summed E-state index contributed by atoms with van der Waals surface area (Å²) in [7, 11) is 2.02. The summed E-state index contributed by atoms with van der Waals surface area (Å²) >= 11 is 0. The maximum atomic E-state index is 12.9. The highest BCUT2D eigenvalue weighted by atomic mass is 28.3. The van der Waals surface area contributed by atoms with Crippen molar-refractivity contribution in [3.63, 3.8) is 0 Å². The minimum absolute atomic E-state index is 0.331. The standard InChI is InChI=1S/C35H48N10OSi/c1-24(2)47(25(3)4,26(5)6)18-13-27-19-32(41-35(46)38-21-30-20-36-23-44(30)8)40-33-31(27)22-37-34(42-33)39-28-9-11-29(12-10-28)45-16-14-43(7)15-17-45/h9-12,19-20,22-26H,14-17,21H2,1-8H3,(H3,37,38,39,40,41,42,46). The number of aromatic nitrogens is 5. The van der Waals surface area contributed by atoms with Crippen LogP contribution in [0.3, 0.4) is 0 Å². The Morgan fingerprint density at radius 1 is 0.936 bits per heavy atom. The normalized spacial score (nSPS) is 14.1. The Kier molecular flexibility index (Phi) is 10.5. The molecule has 1 saturated heterocycles. The second-order valence-electron chi connectivity index (χ2n) is 13.4. The van der Waals surface area contributed by atoms with Crippen LogP contribution in [0.4, 0.5) is 27.9 Å². The molecule has 1 aliphatic heterocycles. The summed E-state index contributed by atoms with van der Waals surface area (Å²) < 4.78 is 1.86. The lowest BCUT2D eigenvalue weighted by atomic mass is 10.2. The van der Waals surface area contributed by atoms with Gasteiger partial charge in [0.15, 0.2) is 5.65 Å². The topological polar surface area (TPSA) is 116 Å². The summed E-state index contributed by atoms with van der Waals surface area (Å²) in [5, 5.41) is 9.85. The Labute approximate surface area is 279 Å². The highest BCUT2D eigenvalue weighted by Gasteiger charge is 2.41. The summed E-state index contributed by atoms with van der Waals surface area (Å²) in [5.74, 6) is 4.33. The predicted octanol–water partition coefficient (Wildman–Crippen LogP) is 6.14. The molecule has 4 aromatic rings. The van der Waals surface area contributed by atoms with Gasteiger partial charge in [-0.2, -0.15) is 4.98 Å². The minimum Gasteiger partial charge on any atom is -0.369 e. The van der Waals surface area contributed by atoms with Gasteiger partial charge in [0.2, 0.25) is 5.95 Å². The molecule has 0 radical (unpaired) electrons. The number of nitrogens with zero attached hydrogens (tertiary/aromatic N) is 7. The van der Waals surface area contributed by atoms with E-state index in [0.29, 0.717) is 40.6 Å². The van der Waals surface area contributed by atoms with E-state index in [1.807, 2.05) is 29.8 Å². The monoisotopic (exact) mass is 652 g/mol. The summed E-state index contributed by atoms with van der Waals surface area (Å²) in [6.45, 7) is 18.3. The van der Waals surface area contributed by atoms with Crippen LogP contribution in [0.15, 0.2) is 49.1 Å². The van der Waals surface area contributed by atoms with Crippen molar-refractivity contribution in [1.82, 2.24) is 34.7 Å². The second-order valence-corrected chi connectivity index (χ2v) is 19.0. The molecule has 3 N–H and O–H groups in total. The second kappa shape index (κ2) is 14.5. The molecule has 0 saturated carbocycles. The van der Waals surface area contributed by atoms with Crippen LogP contribution in [-0.2, 0) is 13.6 Å². The Bertz CT molecular complexity index is 1730. The van der Waals surface area contributed by atoms with E-state index < -0.39 is 8.07 Å². The average molecular weight is 653 g/mol. The molecular weight excluding hydrogens is 605 g/mol. The molecule has 1 aromatic carbocycles. The minimum atomic E-state index is -2.03. The molecule has 0 spiro atoms. The molecule has 0 bridgehead atoms. The number of carbonyl (C=O) groups is 1. The summed E-state index contributed by atoms with van der Waals surface area (Å²) in [6.07, 6.45) is 5.20. The molecule has 11 nitrogen and oxygen atoms in total. The first-order valence-corrected chi connectivity index (χ1v) is 18.7. The molecule has 47 heavy (non-hydrogen) atoms. The number of likely N-dealkylation sites (N-methyl/N-ethyl adjacent to an activating group) is 1. The number of hydrogen-bond acceptors (Lipinski definition) is 8. The number of aryl methyl sites for hydroxylation is 1. The Hall–Kier alpha value is -4.47. The largest absolute Gasteiger partial charge is 0.369 e. The summed E-state index contributed by atoms with van der Waals surface area (Å²) in [5.41, 5.74) is 9.42. The summed E-state index contributed by atoms with van der Waals surface area (Å²) in [6, 6.07) is 9.79. The van der Waals surface area contributed by atoms with Crippen molar-refractivity contribution in [3.8, 4) is 11.5 Å². The molecule has 5 rings (SSSR count). The molecule has 0 atom stereocenters. The number of fused-ring (bicyclic) bond motifs is 1. The molecule has 3 aromatic heterocycles. The lowest BCUT2D eigenvalue weighted by Crippen LogP contribution is -2.44. The van der Waals surface area contributed by atoms with Crippen LogP contribution in [0, 0.1) is 11.5 Å². The molecule has 1 fully saturated rings. The van der Waals surface area contributed by atoms with Gasteiger partial charge in [0.1, 0.15) is 13.9 Å². The van der Waals surface area contributed by atoms with E-state index >= 15 is 0 Å². The summed E-state index contributed by atoms with van der Waals surface area (Å²) in [4.78, 5) is 36.0. The van der Waals surface area contributed by atoms with Crippen LogP contribution in [0.2, 0.25) is 16.6 Å². The molecule has 12 heteroatoms. The lowest BCUT2D eigenvalue weighted by Gasteiger charge is -2.38. The number of pyridine rings is 1. The van der Waals surface area contributed by atoms with Gasteiger partial charge >= 0.3 is 6.03 Å². The average Bonchev–Trinajstić information content (AvgIpc) is 3.44. The van der Waals surface area contributed by atoms with Crippen molar-refractivity contribution >= 4 is 48.3 Å². The SMILES string of the molecule is CC(C)[Si](C#Cc1cc(NC(=O)NCc2cncn2C)nc2nc(Nc3ccc(N4CCN(C)CC4)cc3)ncc12)(C(C)C)C(C)C. The maximum Gasteiger partial charge on any atom is 0.320 e. The highest BCUT2D eigenvalue weighted by molar-refractivity contribution is 6.90. The van der Waals surface area contributed by atoms with Crippen LogP contribution in [0.25, 0.3) is 11.0 Å². The van der Waals surface area contributed by atoms with E-state index in [1.54, 1.807) is 18.7 Å². The van der Waals surface area contributed by atoms with Crippen molar-refractivity contribution < 1.29 is 4.79 Å². The van der Waals surface area contributed by atoms with Gasteiger partial charge < -0.3 is 25.0 Å². The van der Waals surface area contributed by atoms with E-state index in [-0.39, 0.29) is 6.03 Å². The van der Waals surface area contributed by atoms with Gasteiger partial charge in [-0.3, -0.25) is 5.32 Å². The molecular formula is C35H48N10OSi. The smallest absolute Gasteiger partial charge is 0.320 e. The third kappa shape index (κ3) is 7.74. The van der Waals surface area contributed by atoms with Crippen LogP contribution < -0.4 is 20.9 Å². The van der Waals surface area contributed by atoms with E-state index in [1.165, 1.54) is 5.69 Å². The number of amides is 2. The third-order valence-electron chi connectivity index (χ3n) is 9.43. The van der Waals surface area contributed by atoms with Crippen LogP contribution in [0.5, 0.6) is 0 Å². The number of urea groups is 1. The quantitative estimate of drug-likeness (QED) is 0.146. The van der Waals surface area contributed by atoms with Crippen molar-refractivity contribution in [2.45, 2.75) is 64.7 Å². The molecule has 0 unspecified atom stereocenters. The number of imidazole rings is 1. The predicted molar refractivity (Wildman–Crippen MR) is 194 cm³/mol. The number of piperazine rings is 1. The third-order valence-corrected chi connectivity index (χ3v) is 15.7. The Morgan fingerprint density at radius 2 is 1.62 bits per heavy atom. The number of carbonyl (C=O) groups excluding carboxylic acids is 1. The fraction of sp³-hybridized carbons (Fsp3) is 0.457. The van der Waals surface area contributed by atoms with Crippen molar-refractivity contribution in [1.29, 1.82) is 0 Å². The lowest BCUT2D eigenvalue weighted by molar-refractivity contribution is 0.251. The fourth-order valence-electron chi connectivity index (χ4n) is 6.68. The molecule has 1 aliphatic rings. The molecule has 0 aliphatic carbocycles. The van der Waals surface area contributed by atoms with Gasteiger partial charge in [0, 0.05) is 62.6 Å². The number of rotatable bonds is 9. The van der Waals surface area contributed by atoms with Gasteiger partial charge in [-0.05, 0) is 54.0 Å². The zero-order valence-electron chi connectivity index (χ0n) is 28.9. The number of nitrogens with one attached hydrogen (secondary N) is 3. The van der Waals surface area contributed by atoms with E-state index in [4.69, 9.17) is 9.97 Å². The molecule has 248 valence electrons. The van der Waals surface area contributed by atoms with Crippen molar-refractivity contribution in [2.75, 3.05) is 48.8 Å². The highest BCUT2D eigenvalue weighted by Crippen LogP contribution is 2.41. The first-order valence-electron chi connectivity index (χ1n) is 16.5. The van der Waals surface area contributed by atoms with Crippen LogP contribution in [-0.4, -0.2) is 76.7 Å². The number of hydrogen-bond donors (Lipinski definition) is 3. The molecule has 4 heterocycles. The zero-order chi connectivity index (χ0) is 33.7. The number of benzene rings is 1. The molecule has 2 amide bonds. The fourth-order valence-corrected chi connectivity index (χ4v) is 11.9. The van der Waals surface area contributed by atoms with Gasteiger partial charge in [-0.25, -0.2) is 19.7 Å². The zero-order valence-corrected chi connectivity index (χ0v) is 29.9. The van der Waals surface area contributed by atoms with Gasteiger partial charge in [0.25, 0.3) is 0 Å². The first-order chi connectivity index (χ1) is 22.5. The van der Waals surface area contributed by atoms with E-state index in [2.05, 4.69) is 108 Å². The van der Waals surface area contributed by atoms with Gasteiger partial charge in [-0.1, -0.05) is 47.5 Å².